The Labute approximate surface area is 241 Å². The van der Waals surface area contributed by atoms with Gasteiger partial charge in [-0.15, -0.1) is 0 Å². The number of carbonyl (C=O) groups is 3. The van der Waals surface area contributed by atoms with Gasteiger partial charge in [-0.05, 0) is 41.9 Å². The maximum absolute atomic E-state index is 13.9. The third-order valence-electron chi connectivity index (χ3n) is 6.77. The second kappa shape index (κ2) is 14.8. The monoisotopic (exact) mass is 555 g/mol. The molecule has 8 heteroatoms. The Morgan fingerprint density at radius 3 is 2.10 bits per heavy atom. The molecule has 4 rings (SSSR count). The Morgan fingerprint density at radius 2 is 1.46 bits per heavy atom. The van der Waals surface area contributed by atoms with E-state index < -0.39 is 18.0 Å². The minimum absolute atomic E-state index is 0.0155. The van der Waals surface area contributed by atoms with Crippen molar-refractivity contribution in [2.45, 2.75) is 45.8 Å². The summed E-state index contributed by atoms with van der Waals surface area (Å²) in [6, 6.07) is 27.6. The predicted octanol–water partition coefficient (Wildman–Crippen LogP) is 6.42. The van der Waals surface area contributed by atoms with Crippen molar-refractivity contribution >= 4 is 23.9 Å². The first-order valence-corrected chi connectivity index (χ1v) is 14.1. The van der Waals surface area contributed by atoms with Crippen LogP contribution in [0.5, 0.6) is 0 Å². The van der Waals surface area contributed by atoms with Gasteiger partial charge in [-0.25, -0.2) is 19.5 Å². The molecule has 3 aromatic carbocycles. The van der Waals surface area contributed by atoms with Crippen molar-refractivity contribution in [3.8, 4) is 0 Å². The Kier molecular flexibility index (Phi) is 10.7. The number of ether oxygens (including phenoxy) is 2. The van der Waals surface area contributed by atoms with Crippen LogP contribution in [0, 0.1) is 5.92 Å². The van der Waals surface area contributed by atoms with E-state index in [4.69, 9.17) is 9.47 Å². The first kappa shape index (κ1) is 29.5. The standard InChI is InChI=1S/C33H37N3O5/c1-25(2)20-22-36(33(39)41-23-27-15-8-4-9-16-27)32(38)35(21-12-17-26-13-6-3-7-14-26)31(37)30-34-29(24-40-30)28-18-10-5-11-19-28/h3-11,13-16,18-19,25,29H,12,17,20-24H2,1-2H3/t29-/m1/s1. The van der Waals surface area contributed by atoms with E-state index in [9.17, 15) is 14.4 Å². The van der Waals surface area contributed by atoms with Gasteiger partial charge in [0.25, 0.3) is 5.90 Å². The van der Waals surface area contributed by atoms with Crippen LogP contribution in [0.2, 0.25) is 0 Å². The molecule has 1 aliphatic rings. The SMILES string of the molecule is CC(C)CCN(C(=O)OCc1ccccc1)C(=O)N(CCCc1ccccc1)C(=O)C1=N[C@@H](c2ccccc2)CO1. The summed E-state index contributed by atoms with van der Waals surface area (Å²) in [5, 5.41) is 0. The van der Waals surface area contributed by atoms with Crippen molar-refractivity contribution < 1.29 is 23.9 Å². The highest BCUT2D eigenvalue weighted by atomic mass is 16.6. The van der Waals surface area contributed by atoms with Crippen LogP contribution in [0.15, 0.2) is 96.0 Å². The van der Waals surface area contributed by atoms with Crippen LogP contribution in [0.25, 0.3) is 0 Å². The lowest BCUT2D eigenvalue weighted by atomic mass is 10.1. The van der Waals surface area contributed by atoms with Crippen LogP contribution in [-0.2, 0) is 27.3 Å². The highest BCUT2D eigenvalue weighted by Crippen LogP contribution is 2.24. The molecule has 0 unspecified atom stereocenters. The van der Waals surface area contributed by atoms with E-state index >= 15 is 0 Å². The number of amides is 4. The van der Waals surface area contributed by atoms with Crippen molar-refractivity contribution in [1.82, 2.24) is 9.80 Å². The molecule has 0 fully saturated rings. The Hall–Kier alpha value is -4.46. The van der Waals surface area contributed by atoms with Crippen LogP contribution in [0.1, 0.15) is 49.4 Å². The fraction of sp³-hybridized carbons (Fsp3) is 0.333. The second-order valence-corrected chi connectivity index (χ2v) is 10.4. The van der Waals surface area contributed by atoms with E-state index in [0.717, 1.165) is 26.5 Å². The van der Waals surface area contributed by atoms with E-state index in [-0.39, 0.29) is 44.2 Å². The largest absolute Gasteiger partial charge is 0.471 e. The number of aryl methyl sites for hydroxylation is 1. The third-order valence-corrected chi connectivity index (χ3v) is 6.77. The van der Waals surface area contributed by atoms with Gasteiger partial charge in [0.1, 0.15) is 19.3 Å². The summed E-state index contributed by atoms with van der Waals surface area (Å²) in [6.07, 6.45) is 0.930. The minimum Gasteiger partial charge on any atom is -0.471 e. The number of hydrogen-bond donors (Lipinski definition) is 0. The summed E-state index contributed by atoms with van der Waals surface area (Å²) < 4.78 is 11.2. The van der Waals surface area contributed by atoms with Crippen LogP contribution in [0.3, 0.4) is 0 Å². The van der Waals surface area contributed by atoms with Gasteiger partial charge in [-0.3, -0.25) is 9.69 Å². The maximum atomic E-state index is 13.9. The summed E-state index contributed by atoms with van der Waals surface area (Å²) in [7, 11) is 0. The lowest BCUT2D eigenvalue weighted by Crippen LogP contribution is -2.51. The van der Waals surface area contributed by atoms with Crippen LogP contribution >= 0.6 is 0 Å². The smallest absolute Gasteiger partial charge is 0.418 e. The minimum atomic E-state index is -0.795. The number of hydrogen-bond acceptors (Lipinski definition) is 6. The van der Waals surface area contributed by atoms with Gasteiger partial charge in [0.2, 0.25) is 0 Å². The van der Waals surface area contributed by atoms with Gasteiger partial charge in [0.05, 0.1) is 0 Å². The first-order chi connectivity index (χ1) is 19.9. The van der Waals surface area contributed by atoms with E-state index in [1.807, 2.05) is 105 Å². The normalized spacial score (nSPS) is 14.2. The summed E-state index contributed by atoms with van der Waals surface area (Å²) in [5.74, 6) is -0.566. The molecule has 8 nitrogen and oxygen atoms in total. The van der Waals surface area contributed by atoms with E-state index in [2.05, 4.69) is 4.99 Å². The molecule has 0 spiro atoms. The molecule has 3 aromatic rings. The molecule has 0 aromatic heterocycles. The summed E-state index contributed by atoms with van der Waals surface area (Å²) in [4.78, 5) is 47.5. The molecular weight excluding hydrogens is 518 g/mol. The fourth-order valence-electron chi connectivity index (χ4n) is 4.42. The van der Waals surface area contributed by atoms with E-state index in [0.29, 0.717) is 19.3 Å². The molecule has 0 radical (unpaired) electrons. The Bertz CT molecular complexity index is 1310. The number of carbonyl (C=O) groups excluding carboxylic acids is 3. The zero-order valence-electron chi connectivity index (χ0n) is 23.6. The maximum Gasteiger partial charge on any atom is 0.418 e. The lowest BCUT2D eigenvalue weighted by molar-refractivity contribution is -0.123. The molecule has 41 heavy (non-hydrogen) atoms. The van der Waals surface area contributed by atoms with Gasteiger partial charge in [-0.1, -0.05) is 105 Å². The van der Waals surface area contributed by atoms with E-state index in [1.54, 1.807) is 0 Å². The predicted molar refractivity (Wildman–Crippen MR) is 157 cm³/mol. The van der Waals surface area contributed by atoms with Crippen LogP contribution < -0.4 is 0 Å². The molecule has 0 saturated carbocycles. The van der Waals surface area contributed by atoms with Crippen molar-refractivity contribution in [1.29, 1.82) is 0 Å². The highest BCUT2D eigenvalue weighted by Gasteiger charge is 2.36. The zero-order valence-corrected chi connectivity index (χ0v) is 23.6. The number of rotatable bonds is 11. The number of nitrogens with zero attached hydrogens (tertiary/aromatic N) is 3. The Morgan fingerprint density at radius 1 is 0.854 bits per heavy atom. The van der Waals surface area contributed by atoms with E-state index in [1.165, 1.54) is 0 Å². The molecule has 0 N–H and O–H groups in total. The van der Waals surface area contributed by atoms with Crippen molar-refractivity contribution in [2.75, 3.05) is 19.7 Å². The number of aliphatic imine (C=N–C) groups is 1. The van der Waals surface area contributed by atoms with Gasteiger partial charge in [-0.2, -0.15) is 0 Å². The molecule has 0 aliphatic carbocycles. The molecule has 4 amide bonds. The van der Waals surface area contributed by atoms with Gasteiger partial charge < -0.3 is 9.47 Å². The molecular formula is C33H37N3O5. The first-order valence-electron chi connectivity index (χ1n) is 14.1. The molecule has 214 valence electrons. The topological polar surface area (TPSA) is 88.5 Å². The fourth-order valence-corrected chi connectivity index (χ4v) is 4.42. The zero-order chi connectivity index (χ0) is 29.0. The van der Waals surface area contributed by atoms with Crippen molar-refractivity contribution in [3.63, 3.8) is 0 Å². The molecule has 0 bridgehead atoms. The summed E-state index contributed by atoms with van der Waals surface area (Å²) in [6.45, 7) is 4.44. The Balaban J connectivity index is 1.54. The number of imide groups is 2. The van der Waals surface area contributed by atoms with Crippen molar-refractivity contribution in [3.05, 3.63) is 108 Å². The van der Waals surface area contributed by atoms with Crippen molar-refractivity contribution in [2.24, 2.45) is 10.9 Å². The third kappa shape index (κ3) is 8.51. The lowest BCUT2D eigenvalue weighted by Gasteiger charge is -2.28. The van der Waals surface area contributed by atoms with Gasteiger partial charge in [0, 0.05) is 13.1 Å². The number of benzene rings is 3. The average molecular weight is 556 g/mol. The second-order valence-electron chi connectivity index (χ2n) is 10.4. The summed E-state index contributed by atoms with van der Waals surface area (Å²) >= 11 is 0. The molecule has 1 aliphatic heterocycles. The van der Waals surface area contributed by atoms with Crippen LogP contribution in [0.4, 0.5) is 9.59 Å². The molecule has 0 saturated heterocycles. The number of urea groups is 1. The van der Waals surface area contributed by atoms with Crippen LogP contribution in [-0.4, -0.2) is 53.4 Å². The molecule has 1 atom stereocenters. The highest BCUT2D eigenvalue weighted by molar-refractivity contribution is 6.38. The van der Waals surface area contributed by atoms with Gasteiger partial charge in [0.15, 0.2) is 0 Å². The molecule has 1 heterocycles. The average Bonchev–Trinajstić information content (AvgIpc) is 3.50. The van der Waals surface area contributed by atoms with Gasteiger partial charge >= 0.3 is 18.0 Å². The quantitative estimate of drug-likeness (QED) is 0.272. The summed E-state index contributed by atoms with van der Waals surface area (Å²) in [5.41, 5.74) is 2.80.